The number of aryl methyl sites for hydroxylation is 2. The highest BCUT2D eigenvalue weighted by molar-refractivity contribution is 7.16. The molecule has 0 unspecified atom stereocenters. The van der Waals surface area contributed by atoms with Gasteiger partial charge in [-0.1, -0.05) is 40.6 Å². The van der Waals surface area contributed by atoms with Crippen LogP contribution in [0.4, 0.5) is 10.8 Å². The number of benzene rings is 1. The molecule has 1 aromatic heterocycles. The van der Waals surface area contributed by atoms with Crippen LogP contribution in [0.5, 0.6) is 0 Å². The molecule has 0 saturated heterocycles. The smallest absolute Gasteiger partial charge is 0.191 e. The van der Waals surface area contributed by atoms with E-state index in [9.17, 15) is 0 Å². The summed E-state index contributed by atoms with van der Waals surface area (Å²) in [5, 5.41) is 1.37. The van der Waals surface area contributed by atoms with Crippen molar-refractivity contribution >= 4 is 45.4 Å². The Hall–Kier alpha value is -0.770. The van der Waals surface area contributed by atoms with Crippen LogP contribution in [0, 0.1) is 13.8 Å². The van der Waals surface area contributed by atoms with E-state index < -0.39 is 0 Å². The molecular weight excluding hydrogens is 287 g/mol. The molecule has 0 aliphatic rings. The normalized spacial score (nSPS) is 10.7. The van der Waals surface area contributed by atoms with Crippen molar-refractivity contribution in [3.63, 3.8) is 0 Å². The van der Waals surface area contributed by atoms with Crippen LogP contribution in [0.25, 0.3) is 0 Å². The van der Waals surface area contributed by atoms with E-state index in [1.54, 1.807) is 0 Å². The first kappa shape index (κ1) is 13.7. The lowest BCUT2D eigenvalue weighted by molar-refractivity contribution is 1.15. The van der Waals surface area contributed by atoms with E-state index in [4.69, 9.17) is 23.2 Å². The van der Waals surface area contributed by atoms with Gasteiger partial charge in [0, 0.05) is 12.7 Å². The van der Waals surface area contributed by atoms with E-state index in [-0.39, 0.29) is 0 Å². The number of anilines is 2. The number of hydrogen-bond donors (Lipinski definition) is 0. The maximum Gasteiger partial charge on any atom is 0.191 e. The zero-order chi connectivity index (χ0) is 13.3. The van der Waals surface area contributed by atoms with Gasteiger partial charge in [0.05, 0.1) is 10.8 Å². The molecule has 0 bridgehead atoms. The highest BCUT2D eigenvalue weighted by Gasteiger charge is 2.14. The van der Waals surface area contributed by atoms with Crippen molar-refractivity contribution in [2.24, 2.45) is 0 Å². The van der Waals surface area contributed by atoms with Crippen LogP contribution in [0.3, 0.4) is 0 Å². The molecule has 0 amide bonds. The molecule has 18 heavy (non-hydrogen) atoms. The van der Waals surface area contributed by atoms with Gasteiger partial charge in [-0.2, -0.15) is 0 Å². The lowest BCUT2D eigenvalue weighted by atomic mass is 10.1. The second kappa shape index (κ2) is 5.47. The van der Waals surface area contributed by atoms with Gasteiger partial charge in [0.1, 0.15) is 5.15 Å². The zero-order valence-corrected chi connectivity index (χ0v) is 12.8. The lowest BCUT2D eigenvalue weighted by Crippen LogP contribution is -2.10. The Bertz CT molecular complexity index is 566. The minimum Gasteiger partial charge on any atom is -0.321 e. The van der Waals surface area contributed by atoms with Crippen molar-refractivity contribution in [1.82, 2.24) is 4.98 Å². The summed E-state index contributed by atoms with van der Waals surface area (Å²) in [5.41, 5.74) is 3.60. The van der Waals surface area contributed by atoms with Gasteiger partial charge in [-0.05, 0) is 25.5 Å². The minimum absolute atomic E-state index is 0.400. The molecule has 1 aromatic carbocycles. The first-order valence-electron chi connectivity index (χ1n) is 5.55. The molecule has 5 heteroatoms. The SMILES string of the molecule is Cc1ccc(N(C)c2nc(Cl)c(CCl)s2)c(C)c1. The van der Waals surface area contributed by atoms with Gasteiger partial charge in [0.25, 0.3) is 0 Å². The van der Waals surface area contributed by atoms with Gasteiger partial charge in [-0.15, -0.1) is 11.6 Å². The van der Waals surface area contributed by atoms with E-state index in [0.29, 0.717) is 11.0 Å². The molecular formula is C13H14Cl2N2S. The van der Waals surface area contributed by atoms with Gasteiger partial charge in [0.15, 0.2) is 5.13 Å². The van der Waals surface area contributed by atoms with Crippen LogP contribution >= 0.6 is 34.5 Å². The number of nitrogens with zero attached hydrogens (tertiary/aromatic N) is 2. The zero-order valence-electron chi connectivity index (χ0n) is 10.5. The first-order chi connectivity index (χ1) is 8.52. The highest BCUT2D eigenvalue weighted by Crippen LogP contribution is 2.35. The Morgan fingerprint density at radius 1 is 1.33 bits per heavy atom. The van der Waals surface area contributed by atoms with Crippen LogP contribution < -0.4 is 4.90 Å². The third-order valence-electron chi connectivity index (χ3n) is 2.76. The van der Waals surface area contributed by atoms with Crippen LogP contribution in [0.15, 0.2) is 18.2 Å². The van der Waals surface area contributed by atoms with Crippen molar-refractivity contribution in [1.29, 1.82) is 0 Å². The minimum atomic E-state index is 0.400. The first-order valence-corrected chi connectivity index (χ1v) is 7.28. The van der Waals surface area contributed by atoms with Crippen LogP contribution in [-0.2, 0) is 5.88 Å². The summed E-state index contributed by atoms with van der Waals surface area (Å²) < 4.78 is 0. The number of hydrogen-bond acceptors (Lipinski definition) is 3. The highest BCUT2D eigenvalue weighted by atomic mass is 35.5. The van der Waals surface area contributed by atoms with Crippen LogP contribution in [0.2, 0.25) is 5.15 Å². The molecule has 2 aromatic rings. The average molecular weight is 301 g/mol. The van der Waals surface area contributed by atoms with Gasteiger partial charge >= 0.3 is 0 Å². The van der Waals surface area contributed by atoms with Crippen LogP contribution in [-0.4, -0.2) is 12.0 Å². The fourth-order valence-corrected chi connectivity index (χ4v) is 3.28. The van der Waals surface area contributed by atoms with E-state index in [1.807, 2.05) is 11.9 Å². The summed E-state index contributed by atoms with van der Waals surface area (Å²) in [6.45, 7) is 4.18. The van der Waals surface area contributed by atoms with Crippen molar-refractivity contribution in [3.05, 3.63) is 39.4 Å². The number of aromatic nitrogens is 1. The molecule has 0 aliphatic heterocycles. The Morgan fingerprint density at radius 3 is 2.61 bits per heavy atom. The van der Waals surface area contributed by atoms with Gasteiger partial charge in [-0.3, -0.25) is 0 Å². The molecule has 0 spiro atoms. The summed E-state index contributed by atoms with van der Waals surface area (Å²) in [5.74, 6) is 0.400. The topological polar surface area (TPSA) is 16.1 Å². The molecule has 0 atom stereocenters. The molecule has 2 nitrogen and oxygen atoms in total. The monoisotopic (exact) mass is 300 g/mol. The van der Waals surface area contributed by atoms with E-state index >= 15 is 0 Å². The summed E-state index contributed by atoms with van der Waals surface area (Å²) in [6.07, 6.45) is 0. The molecule has 0 aliphatic carbocycles. The fraction of sp³-hybridized carbons (Fsp3) is 0.308. The van der Waals surface area contributed by atoms with Crippen LogP contribution in [0.1, 0.15) is 16.0 Å². The fourth-order valence-electron chi connectivity index (χ4n) is 1.83. The Morgan fingerprint density at radius 2 is 2.06 bits per heavy atom. The maximum atomic E-state index is 6.03. The Kier molecular flexibility index (Phi) is 4.15. The summed E-state index contributed by atoms with van der Waals surface area (Å²) in [7, 11) is 1.99. The largest absolute Gasteiger partial charge is 0.321 e. The summed E-state index contributed by atoms with van der Waals surface area (Å²) in [4.78, 5) is 7.30. The lowest BCUT2D eigenvalue weighted by Gasteiger charge is -2.18. The summed E-state index contributed by atoms with van der Waals surface area (Å²) in [6, 6.07) is 6.35. The van der Waals surface area contributed by atoms with Crippen molar-refractivity contribution in [2.45, 2.75) is 19.7 Å². The maximum absolute atomic E-state index is 6.03. The Labute approximate surface area is 121 Å². The predicted molar refractivity (Wildman–Crippen MR) is 80.7 cm³/mol. The van der Waals surface area contributed by atoms with E-state index in [1.165, 1.54) is 22.5 Å². The second-order valence-electron chi connectivity index (χ2n) is 4.19. The van der Waals surface area contributed by atoms with Gasteiger partial charge in [0.2, 0.25) is 0 Å². The summed E-state index contributed by atoms with van der Waals surface area (Å²) >= 11 is 13.4. The Balaban J connectivity index is 2.37. The molecule has 1 heterocycles. The van der Waals surface area contributed by atoms with E-state index in [2.05, 4.69) is 37.0 Å². The standard InChI is InChI=1S/C13H14Cl2N2S/c1-8-4-5-10(9(2)6-8)17(3)13-16-12(15)11(7-14)18-13/h4-6H,7H2,1-3H3. The number of rotatable bonds is 3. The third-order valence-corrected chi connectivity index (χ3v) is 4.74. The molecule has 2 rings (SSSR count). The number of thiazole rings is 1. The van der Waals surface area contributed by atoms with Gasteiger partial charge in [-0.25, -0.2) is 4.98 Å². The van der Waals surface area contributed by atoms with Crippen molar-refractivity contribution in [3.8, 4) is 0 Å². The van der Waals surface area contributed by atoms with Crippen molar-refractivity contribution in [2.75, 3.05) is 11.9 Å². The van der Waals surface area contributed by atoms with E-state index in [0.717, 1.165) is 15.7 Å². The molecule has 0 fully saturated rings. The number of alkyl halides is 1. The quantitative estimate of drug-likeness (QED) is 0.748. The molecule has 0 radical (unpaired) electrons. The molecule has 0 N–H and O–H groups in total. The second-order valence-corrected chi connectivity index (χ2v) is 5.88. The molecule has 0 saturated carbocycles. The van der Waals surface area contributed by atoms with Crippen molar-refractivity contribution < 1.29 is 0 Å². The molecule has 96 valence electrons. The third kappa shape index (κ3) is 2.63. The predicted octanol–water partition coefficient (Wildman–Crippen LogP) is 4.92. The van der Waals surface area contributed by atoms with Gasteiger partial charge < -0.3 is 4.90 Å². The average Bonchev–Trinajstić information content (AvgIpc) is 2.70. The number of halogens is 2.